The maximum absolute atomic E-state index is 12.5. The first-order valence-corrected chi connectivity index (χ1v) is 9.32. The molecule has 1 saturated heterocycles. The molecule has 0 aromatic heterocycles. The van der Waals surface area contributed by atoms with E-state index in [-0.39, 0.29) is 36.4 Å². The molecule has 0 unspecified atom stereocenters. The van der Waals surface area contributed by atoms with Gasteiger partial charge in [0, 0.05) is 19.5 Å². The van der Waals surface area contributed by atoms with Crippen LogP contribution in [0, 0.1) is 0 Å². The molecule has 1 heterocycles. The number of amides is 1. The van der Waals surface area contributed by atoms with Crippen LogP contribution in [-0.4, -0.2) is 49.2 Å². The second-order valence-corrected chi connectivity index (χ2v) is 6.65. The Hall–Kier alpha value is -1.94. The van der Waals surface area contributed by atoms with E-state index in [9.17, 15) is 22.8 Å². The van der Waals surface area contributed by atoms with Gasteiger partial charge in [-0.2, -0.15) is 13.2 Å². The van der Waals surface area contributed by atoms with Gasteiger partial charge < -0.3 is 19.1 Å². The van der Waals surface area contributed by atoms with Gasteiger partial charge in [-0.25, -0.2) is 0 Å². The van der Waals surface area contributed by atoms with Gasteiger partial charge in [0.05, 0.1) is 18.7 Å². The number of carbonyl (C=O) groups is 2. The van der Waals surface area contributed by atoms with E-state index in [0.29, 0.717) is 6.54 Å². The lowest BCUT2D eigenvalue weighted by Gasteiger charge is -2.32. The van der Waals surface area contributed by atoms with Crippen molar-refractivity contribution in [1.29, 1.82) is 0 Å². The number of alkyl halides is 3. The Labute approximate surface area is 167 Å². The maximum atomic E-state index is 12.5. The maximum Gasteiger partial charge on any atom is 0.471 e. The standard InChI is InChI=1S/C18H23F3N2O4S/c1-2-26-15-11-13(3-4-14(15)22-17(25)18(19,20)21)12-5-8-23(9-6-12)10-7-16(24)27-28/h3-4,11-12,28H,2,5-10H2,1H3,(H,22,25). The Morgan fingerprint density at radius 3 is 2.54 bits per heavy atom. The highest BCUT2D eigenvalue weighted by atomic mass is 32.1. The number of ether oxygens (including phenoxy) is 1. The first-order valence-electron chi connectivity index (χ1n) is 8.96. The number of rotatable bonds is 7. The SMILES string of the molecule is CCOc1cc(C2CCN(CCC(=O)OS)CC2)ccc1NC(=O)C(F)(F)F. The summed E-state index contributed by atoms with van der Waals surface area (Å²) in [5.41, 5.74) is 0.943. The number of nitrogens with zero attached hydrogens (tertiary/aromatic N) is 1. The van der Waals surface area contributed by atoms with E-state index >= 15 is 0 Å². The highest BCUT2D eigenvalue weighted by Crippen LogP contribution is 2.34. The van der Waals surface area contributed by atoms with Crippen LogP contribution in [0.3, 0.4) is 0 Å². The lowest BCUT2D eigenvalue weighted by atomic mass is 9.89. The van der Waals surface area contributed by atoms with Crippen LogP contribution in [0.15, 0.2) is 18.2 Å². The lowest BCUT2D eigenvalue weighted by molar-refractivity contribution is -0.167. The number of piperidine rings is 1. The van der Waals surface area contributed by atoms with Crippen LogP contribution in [0.5, 0.6) is 5.75 Å². The summed E-state index contributed by atoms with van der Waals surface area (Å²) in [4.78, 5) is 24.5. The average molecular weight is 420 g/mol. The summed E-state index contributed by atoms with van der Waals surface area (Å²) in [7, 11) is 0. The van der Waals surface area contributed by atoms with Crippen LogP contribution >= 0.6 is 12.9 Å². The number of hydrogen-bond donors (Lipinski definition) is 2. The van der Waals surface area contributed by atoms with Crippen LogP contribution in [0.1, 0.15) is 37.7 Å². The summed E-state index contributed by atoms with van der Waals surface area (Å²) < 4.78 is 47.3. The van der Waals surface area contributed by atoms with Crippen LogP contribution in [0.25, 0.3) is 0 Å². The molecule has 1 aromatic rings. The van der Waals surface area contributed by atoms with Gasteiger partial charge in [0.2, 0.25) is 0 Å². The molecule has 10 heteroatoms. The zero-order valence-corrected chi connectivity index (χ0v) is 16.3. The van der Waals surface area contributed by atoms with E-state index in [4.69, 9.17) is 4.74 Å². The van der Waals surface area contributed by atoms with Crippen molar-refractivity contribution in [2.45, 2.75) is 38.3 Å². The van der Waals surface area contributed by atoms with Crippen molar-refractivity contribution in [3.8, 4) is 5.75 Å². The molecule has 0 bridgehead atoms. The molecule has 0 aliphatic carbocycles. The van der Waals surface area contributed by atoms with Crippen molar-refractivity contribution in [3.63, 3.8) is 0 Å². The van der Waals surface area contributed by atoms with Crippen molar-refractivity contribution in [3.05, 3.63) is 23.8 Å². The summed E-state index contributed by atoms with van der Waals surface area (Å²) in [5.74, 6) is -1.96. The van der Waals surface area contributed by atoms with Crippen molar-refractivity contribution in [1.82, 2.24) is 4.90 Å². The van der Waals surface area contributed by atoms with E-state index in [2.05, 4.69) is 22.0 Å². The normalized spacial score (nSPS) is 15.9. The molecule has 6 nitrogen and oxygen atoms in total. The summed E-state index contributed by atoms with van der Waals surface area (Å²) >= 11 is 3.48. The predicted molar refractivity (Wildman–Crippen MR) is 100 cm³/mol. The molecule has 1 N–H and O–H groups in total. The minimum absolute atomic E-state index is 0.00405. The molecule has 2 rings (SSSR count). The number of benzene rings is 1. The smallest absolute Gasteiger partial charge is 0.471 e. The summed E-state index contributed by atoms with van der Waals surface area (Å²) in [6.45, 7) is 4.16. The molecule has 0 spiro atoms. The van der Waals surface area contributed by atoms with Gasteiger partial charge in [-0.15, -0.1) is 0 Å². The number of likely N-dealkylation sites (tertiary alicyclic amines) is 1. The Kier molecular flexibility index (Phi) is 7.99. The van der Waals surface area contributed by atoms with Gasteiger partial charge in [0.1, 0.15) is 5.75 Å². The topological polar surface area (TPSA) is 67.9 Å². The quantitative estimate of drug-likeness (QED) is 0.522. The van der Waals surface area contributed by atoms with Gasteiger partial charge in [-0.05, 0) is 56.5 Å². The monoisotopic (exact) mass is 420 g/mol. The molecular formula is C18H23F3N2O4S. The number of anilines is 1. The molecule has 0 atom stereocenters. The molecule has 1 aliphatic heterocycles. The Balaban J connectivity index is 2.02. The number of nitrogens with one attached hydrogen (secondary N) is 1. The minimum Gasteiger partial charge on any atom is -0.492 e. The van der Waals surface area contributed by atoms with Crippen molar-refractivity contribution >= 4 is 30.5 Å². The third-order valence-corrected chi connectivity index (χ3v) is 4.81. The zero-order valence-electron chi connectivity index (χ0n) is 15.4. The predicted octanol–water partition coefficient (Wildman–Crippen LogP) is 3.54. The largest absolute Gasteiger partial charge is 0.492 e. The highest BCUT2D eigenvalue weighted by Gasteiger charge is 2.39. The summed E-state index contributed by atoms with van der Waals surface area (Å²) in [6.07, 6.45) is -3.00. The molecule has 1 amide bonds. The fraction of sp³-hybridized carbons (Fsp3) is 0.556. The first-order chi connectivity index (χ1) is 13.2. The van der Waals surface area contributed by atoms with E-state index in [1.54, 1.807) is 19.1 Å². The lowest BCUT2D eigenvalue weighted by Crippen LogP contribution is -2.34. The van der Waals surface area contributed by atoms with Gasteiger partial charge in [0.15, 0.2) is 0 Å². The van der Waals surface area contributed by atoms with Crippen LogP contribution < -0.4 is 10.1 Å². The second kappa shape index (κ2) is 10.0. The van der Waals surface area contributed by atoms with Crippen molar-refractivity contribution in [2.75, 3.05) is 31.6 Å². The summed E-state index contributed by atoms with van der Waals surface area (Å²) in [6, 6.07) is 4.85. The van der Waals surface area contributed by atoms with E-state index in [0.717, 1.165) is 31.5 Å². The average Bonchev–Trinajstić information content (AvgIpc) is 2.67. The minimum atomic E-state index is -4.96. The van der Waals surface area contributed by atoms with Crippen molar-refractivity contribution in [2.24, 2.45) is 0 Å². The van der Waals surface area contributed by atoms with E-state index in [1.807, 2.05) is 5.32 Å². The molecule has 1 aromatic carbocycles. The van der Waals surface area contributed by atoms with Gasteiger partial charge >= 0.3 is 18.1 Å². The van der Waals surface area contributed by atoms with Crippen LogP contribution in [0.2, 0.25) is 0 Å². The summed E-state index contributed by atoms with van der Waals surface area (Å²) in [5, 5.41) is 1.86. The first kappa shape index (κ1) is 22.4. The Morgan fingerprint density at radius 2 is 1.96 bits per heavy atom. The van der Waals surface area contributed by atoms with Gasteiger partial charge in [-0.3, -0.25) is 9.59 Å². The van der Waals surface area contributed by atoms with Gasteiger partial charge in [-0.1, -0.05) is 6.07 Å². The molecule has 156 valence electrons. The number of thiol groups is 1. The van der Waals surface area contributed by atoms with E-state index in [1.165, 1.54) is 6.07 Å². The number of carbonyl (C=O) groups excluding carboxylic acids is 2. The highest BCUT2D eigenvalue weighted by molar-refractivity contribution is 7.75. The second-order valence-electron chi connectivity index (χ2n) is 6.47. The molecule has 1 fully saturated rings. The number of halogens is 3. The zero-order chi connectivity index (χ0) is 20.7. The molecule has 0 saturated carbocycles. The third-order valence-electron chi connectivity index (χ3n) is 4.60. The van der Waals surface area contributed by atoms with E-state index < -0.39 is 12.1 Å². The fourth-order valence-electron chi connectivity index (χ4n) is 3.15. The molecule has 28 heavy (non-hydrogen) atoms. The third kappa shape index (κ3) is 6.30. The molecule has 1 aliphatic rings. The van der Waals surface area contributed by atoms with Gasteiger partial charge in [0.25, 0.3) is 0 Å². The van der Waals surface area contributed by atoms with Crippen LogP contribution in [-0.2, 0) is 13.8 Å². The van der Waals surface area contributed by atoms with Crippen LogP contribution in [0.4, 0.5) is 18.9 Å². The Morgan fingerprint density at radius 1 is 1.29 bits per heavy atom. The fourth-order valence-corrected chi connectivity index (χ4v) is 3.24. The van der Waals surface area contributed by atoms with Crippen molar-refractivity contribution < 1.29 is 31.7 Å². The Bertz CT molecular complexity index is 692. The molecular weight excluding hydrogens is 397 g/mol. The number of hydrogen-bond acceptors (Lipinski definition) is 6. The molecule has 0 radical (unpaired) electrons.